The number of carbonyl (C=O) groups is 1. The molecule has 0 radical (unpaired) electrons. The minimum Gasteiger partial charge on any atom is -0.487 e. The van der Waals surface area contributed by atoms with Gasteiger partial charge in [0, 0.05) is 32.4 Å². The van der Waals surface area contributed by atoms with Crippen LogP contribution in [0.5, 0.6) is 5.75 Å². The number of hydrogen-bond acceptors (Lipinski definition) is 9. The van der Waals surface area contributed by atoms with Crippen LogP contribution in [-0.4, -0.2) is 66.4 Å². The summed E-state index contributed by atoms with van der Waals surface area (Å²) in [6.45, 7) is 5.19. The third-order valence-electron chi connectivity index (χ3n) is 6.28. The monoisotopic (exact) mass is 482 g/mol. The fourth-order valence-corrected chi connectivity index (χ4v) is 4.74. The highest BCUT2D eigenvalue weighted by Crippen LogP contribution is 2.35. The standard InChI is InChI=1S/C25H31FN6O3/c1-16(2)30-25(23(33)15-34-3)24(29-21-14-28-9-6-20(21)31-25)32-10-7-18(8-11-32)35-22-5-4-17(13-27)12-19(22)26/h4-6,9,12,14,16,18,24,29-31H,7-8,10-11,15H2,1-3H3. The van der Waals surface area contributed by atoms with Gasteiger partial charge in [-0.3, -0.25) is 20.0 Å². The third-order valence-corrected chi connectivity index (χ3v) is 6.28. The maximum atomic E-state index is 14.3. The number of halogens is 1. The molecule has 3 N–H and O–H groups in total. The van der Waals surface area contributed by atoms with E-state index in [0.29, 0.717) is 25.9 Å². The highest BCUT2D eigenvalue weighted by molar-refractivity contribution is 5.95. The first-order valence-electron chi connectivity index (χ1n) is 11.8. The number of aromatic nitrogens is 1. The summed E-state index contributed by atoms with van der Waals surface area (Å²) in [6, 6.07) is 8.00. The van der Waals surface area contributed by atoms with Crippen LogP contribution in [0.2, 0.25) is 0 Å². The van der Waals surface area contributed by atoms with E-state index in [4.69, 9.17) is 14.7 Å². The molecule has 2 aliphatic rings. The molecule has 2 aromatic rings. The summed E-state index contributed by atoms with van der Waals surface area (Å²) in [6.07, 6.45) is 4.11. The van der Waals surface area contributed by atoms with Gasteiger partial charge in [0.2, 0.25) is 5.78 Å². The van der Waals surface area contributed by atoms with E-state index in [1.807, 2.05) is 26.0 Å². The molecule has 2 aliphatic heterocycles. The lowest BCUT2D eigenvalue weighted by Crippen LogP contribution is -2.75. The van der Waals surface area contributed by atoms with Gasteiger partial charge in [-0.15, -0.1) is 0 Å². The topological polar surface area (TPSA) is 112 Å². The lowest BCUT2D eigenvalue weighted by Gasteiger charge is -2.51. The van der Waals surface area contributed by atoms with Crippen LogP contribution in [0.4, 0.5) is 15.8 Å². The predicted octanol–water partition coefficient (Wildman–Crippen LogP) is 2.71. The van der Waals surface area contributed by atoms with Crippen LogP contribution in [0, 0.1) is 17.1 Å². The number of piperidine rings is 1. The Labute approximate surface area is 204 Å². The zero-order valence-electron chi connectivity index (χ0n) is 20.2. The average molecular weight is 483 g/mol. The van der Waals surface area contributed by atoms with Gasteiger partial charge >= 0.3 is 0 Å². The summed E-state index contributed by atoms with van der Waals surface area (Å²) >= 11 is 0. The number of ether oxygens (including phenoxy) is 2. The second kappa shape index (κ2) is 10.6. The van der Waals surface area contributed by atoms with Gasteiger partial charge in [-0.2, -0.15) is 5.26 Å². The molecule has 1 fully saturated rings. The number of nitrogens with zero attached hydrogens (tertiary/aromatic N) is 3. The molecule has 1 saturated heterocycles. The Kier molecular flexibility index (Phi) is 7.50. The largest absolute Gasteiger partial charge is 0.487 e. The Hall–Kier alpha value is -3.26. The van der Waals surface area contributed by atoms with Gasteiger partial charge in [-0.05, 0) is 51.0 Å². The summed E-state index contributed by atoms with van der Waals surface area (Å²) in [4.78, 5) is 19.9. The van der Waals surface area contributed by atoms with Gasteiger partial charge in [-0.1, -0.05) is 0 Å². The highest BCUT2D eigenvalue weighted by Gasteiger charge is 2.51. The zero-order valence-corrected chi connectivity index (χ0v) is 20.2. The van der Waals surface area contributed by atoms with Gasteiger partial charge in [0.1, 0.15) is 18.9 Å². The Morgan fingerprint density at radius 3 is 2.77 bits per heavy atom. The molecule has 9 nitrogen and oxygen atoms in total. The van der Waals surface area contributed by atoms with Crippen molar-refractivity contribution in [3.05, 3.63) is 48.0 Å². The van der Waals surface area contributed by atoms with E-state index in [1.165, 1.54) is 19.2 Å². The first-order valence-corrected chi connectivity index (χ1v) is 11.8. The molecule has 0 amide bonds. The van der Waals surface area contributed by atoms with E-state index < -0.39 is 17.6 Å². The molecule has 0 bridgehead atoms. The molecular formula is C25H31FN6O3. The summed E-state index contributed by atoms with van der Waals surface area (Å²) in [5.41, 5.74) is 0.709. The third kappa shape index (κ3) is 5.22. The lowest BCUT2D eigenvalue weighted by molar-refractivity contribution is -0.131. The number of carbonyl (C=O) groups excluding carboxylic acids is 1. The van der Waals surface area contributed by atoms with Crippen molar-refractivity contribution < 1.29 is 18.7 Å². The van der Waals surface area contributed by atoms with E-state index >= 15 is 0 Å². The molecule has 0 spiro atoms. The number of likely N-dealkylation sites (tertiary alicyclic amines) is 1. The van der Waals surface area contributed by atoms with Crippen LogP contribution in [-0.2, 0) is 9.53 Å². The number of Topliss-reactive ketones (excluding diaryl/α,β-unsaturated/α-hetero) is 1. The lowest BCUT2D eigenvalue weighted by atomic mass is 9.93. The summed E-state index contributed by atoms with van der Waals surface area (Å²) < 4.78 is 25.5. The number of fused-ring (bicyclic) bond motifs is 1. The van der Waals surface area contributed by atoms with E-state index in [9.17, 15) is 9.18 Å². The Morgan fingerprint density at radius 2 is 2.11 bits per heavy atom. The number of pyridine rings is 1. The van der Waals surface area contributed by atoms with E-state index in [2.05, 4.69) is 25.8 Å². The smallest absolute Gasteiger partial charge is 0.202 e. The van der Waals surface area contributed by atoms with Crippen LogP contribution >= 0.6 is 0 Å². The van der Waals surface area contributed by atoms with Crippen LogP contribution in [0.1, 0.15) is 32.3 Å². The maximum Gasteiger partial charge on any atom is 0.202 e. The van der Waals surface area contributed by atoms with Gasteiger partial charge in [0.15, 0.2) is 17.2 Å². The molecular weight excluding hydrogens is 451 g/mol. The second-order valence-corrected chi connectivity index (χ2v) is 9.17. The fourth-order valence-electron chi connectivity index (χ4n) is 4.74. The number of benzene rings is 1. The van der Waals surface area contributed by atoms with Crippen molar-refractivity contribution in [3.8, 4) is 11.8 Å². The normalized spacial score (nSPS) is 22.6. The molecule has 4 rings (SSSR count). The first-order chi connectivity index (χ1) is 16.9. The van der Waals surface area contributed by atoms with Crippen molar-refractivity contribution in [2.24, 2.45) is 0 Å². The zero-order chi connectivity index (χ0) is 25.0. The Bertz CT molecular complexity index is 1100. The molecule has 2 unspecified atom stereocenters. The molecule has 186 valence electrons. The van der Waals surface area contributed by atoms with Gasteiger partial charge in [-0.25, -0.2) is 4.39 Å². The number of anilines is 2. The van der Waals surface area contributed by atoms with Crippen LogP contribution < -0.4 is 20.7 Å². The highest BCUT2D eigenvalue weighted by atomic mass is 19.1. The number of methoxy groups -OCH3 is 1. The number of nitriles is 1. The number of ketones is 1. The van der Waals surface area contributed by atoms with Crippen molar-refractivity contribution >= 4 is 17.2 Å². The number of rotatable bonds is 8. The molecule has 1 aromatic carbocycles. The fraction of sp³-hybridized carbons (Fsp3) is 0.480. The van der Waals surface area contributed by atoms with Gasteiger partial charge < -0.3 is 20.1 Å². The molecule has 1 aromatic heterocycles. The minimum atomic E-state index is -1.13. The van der Waals surface area contributed by atoms with Crippen LogP contribution in [0.15, 0.2) is 36.7 Å². The van der Waals surface area contributed by atoms with Gasteiger partial charge in [0.05, 0.1) is 29.2 Å². The predicted molar refractivity (Wildman–Crippen MR) is 129 cm³/mol. The van der Waals surface area contributed by atoms with Crippen LogP contribution in [0.25, 0.3) is 0 Å². The second-order valence-electron chi connectivity index (χ2n) is 9.17. The summed E-state index contributed by atoms with van der Waals surface area (Å²) in [7, 11) is 1.51. The molecule has 2 atom stereocenters. The average Bonchev–Trinajstić information content (AvgIpc) is 2.85. The summed E-state index contributed by atoms with van der Waals surface area (Å²) in [5, 5.41) is 19.4. The number of nitrogens with one attached hydrogen (secondary N) is 3. The number of hydrogen-bond donors (Lipinski definition) is 3. The molecule has 35 heavy (non-hydrogen) atoms. The van der Waals surface area contributed by atoms with Crippen molar-refractivity contribution in [2.75, 3.05) is 37.4 Å². The van der Waals surface area contributed by atoms with Crippen molar-refractivity contribution in [1.29, 1.82) is 5.26 Å². The molecule has 3 heterocycles. The van der Waals surface area contributed by atoms with Crippen molar-refractivity contribution in [2.45, 2.75) is 50.7 Å². The molecule has 10 heteroatoms. The van der Waals surface area contributed by atoms with Crippen molar-refractivity contribution in [3.63, 3.8) is 0 Å². The van der Waals surface area contributed by atoms with Crippen LogP contribution in [0.3, 0.4) is 0 Å². The SMILES string of the molecule is COCC(=O)C1(NC(C)C)Nc2ccncc2NC1N1CCC(Oc2ccc(C#N)cc2F)CC1. The first kappa shape index (κ1) is 24.9. The van der Waals surface area contributed by atoms with E-state index in [-0.39, 0.29) is 35.8 Å². The van der Waals surface area contributed by atoms with E-state index in [0.717, 1.165) is 11.4 Å². The quantitative estimate of drug-likeness (QED) is 0.523. The van der Waals surface area contributed by atoms with E-state index in [1.54, 1.807) is 18.5 Å². The van der Waals surface area contributed by atoms with Gasteiger partial charge in [0.25, 0.3) is 0 Å². The maximum absolute atomic E-state index is 14.3. The Balaban J connectivity index is 1.55. The molecule has 0 aliphatic carbocycles. The Morgan fingerprint density at radius 1 is 1.34 bits per heavy atom. The minimum absolute atomic E-state index is 0.0104. The summed E-state index contributed by atoms with van der Waals surface area (Å²) in [5.74, 6) is -0.517. The van der Waals surface area contributed by atoms with Crippen molar-refractivity contribution in [1.82, 2.24) is 15.2 Å². The molecule has 0 saturated carbocycles.